The van der Waals surface area contributed by atoms with Crippen LogP contribution in [0, 0.1) is 0 Å². The van der Waals surface area contributed by atoms with E-state index in [1.807, 2.05) is 0 Å². The Morgan fingerprint density at radius 2 is 1.16 bits per heavy atom. The molecule has 0 aliphatic rings. The molecule has 2 atom stereocenters. The van der Waals surface area contributed by atoms with Crippen molar-refractivity contribution >= 4 is 101 Å². The fourth-order valence-corrected chi connectivity index (χ4v) is 3.75. The summed E-state index contributed by atoms with van der Waals surface area (Å²) in [7, 11) is 0. The standard InChI is InChI=1S/C24H43N3O7S.2Na/c1-2-3-4-5-6-7-8-9-10-11-12-13-20(28)26-18(24(33)34)14-15-21(29)27-19(17-35)23(32)25-16-22(30)31;;/h18-19,35H,2-17H2,1H3,(H,25,32)(H,26,28)(H,27,29)(H,30,31)(H,33,34);;/t18-,19-;;/m0../s1. The molecule has 3 amide bonds. The van der Waals surface area contributed by atoms with Gasteiger partial charge in [-0.05, 0) is 12.8 Å². The van der Waals surface area contributed by atoms with Crippen molar-refractivity contribution in [3.05, 3.63) is 0 Å². The monoisotopic (exact) mass is 563 g/mol. The summed E-state index contributed by atoms with van der Waals surface area (Å²) in [5.41, 5.74) is 0. The fourth-order valence-electron chi connectivity index (χ4n) is 3.50. The van der Waals surface area contributed by atoms with Crippen molar-refractivity contribution < 1.29 is 34.2 Å². The van der Waals surface area contributed by atoms with Crippen LogP contribution in [-0.2, 0) is 24.0 Å². The van der Waals surface area contributed by atoms with Gasteiger partial charge in [-0.25, -0.2) is 4.79 Å². The van der Waals surface area contributed by atoms with Crippen LogP contribution in [0.15, 0.2) is 0 Å². The molecule has 0 rings (SSSR count). The zero-order valence-electron chi connectivity index (χ0n) is 22.9. The maximum absolute atomic E-state index is 12.1. The molecular weight excluding hydrogens is 520 g/mol. The number of carbonyl (C=O) groups is 5. The summed E-state index contributed by atoms with van der Waals surface area (Å²) >= 11 is 3.97. The molecule has 204 valence electrons. The first-order valence-corrected chi connectivity index (χ1v) is 13.3. The maximum Gasteiger partial charge on any atom is 0.326 e. The molecule has 13 heteroatoms. The first-order valence-electron chi connectivity index (χ1n) is 12.6. The molecule has 0 spiro atoms. The Morgan fingerprint density at radius 3 is 1.62 bits per heavy atom. The fraction of sp³-hybridized carbons (Fsp3) is 0.792. The zero-order chi connectivity index (χ0) is 26.5. The molecule has 5 N–H and O–H groups in total. The van der Waals surface area contributed by atoms with Crippen molar-refractivity contribution in [3.63, 3.8) is 0 Å². The molecule has 0 aliphatic heterocycles. The van der Waals surface area contributed by atoms with Gasteiger partial charge in [-0.3, -0.25) is 19.2 Å². The number of rotatable bonds is 22. The summed E-state index contributed by atoms with van der Waals surface area (Å²) in [5.74, 6) is -4.19. The van der Waals surface area contributed by atoms with Crippen molar-refractivity contribution in [1.29, 1.82) is 0 Å². The van der Waals surface area contributed by atoms with Crippen molar-refractivity contribution in [3.8, 4) is 0 Å². The molecular formula is C24H43N3Na2O7S. The Morgan fingerprint density at radius 1 is 0.703 bits per heavy atom. The Kier molecular flexibility index (Phi) is 30.4. The third-order valence-electron chi connectivity index (χ3n) is 5.55. The van der Waals surface area contributed by atoms with Gasteiger partial charge in [0.15, 0.2) is 0 Å². The van der Waals surface area contributed by atoms with Crippen LogP contribution < -0.4 is 16.0 Å². The zero-order valence-corrected chi connectivity index (χ0v) is 27.7. The van der Waals surface area contributed by atoms with Crippen LogP contribution in [0.3, 0.4) is 0 Å². The number of thiol groups is 1. The van der Waals surface area contributed by atoms with Crippen LogP contribution in [0.25, 0.3) is 0 Å². The Balaban J connectivity index is -0.00000578. The van der Waals surface area contributed by atoms with Gasteiger partial charge in [0, 0.05) is 77.7 Å². The third kappa shape index (κ3) is 24.5. The third-order valence-corrected chi connectivity index (χ3v) is 5.91. The van der Waals surface area contributed by atoms with Crippen LogP contribution in [0.4, 0.5) is 0 Å². The SMILES string of the molecule is CCCCCCCCCCCCCC(=O)N[C@@H](CCC(=O)N[C@@H](CS)C(=O)NCC(=O)O)C(=O)O.[Na].[Na]. The normalized spacial score (nSPS) is 11.7. The van der Waals surface area contributed by atoms with E-state index in [0.29, 0.717) is 6.42 Å². The summed E-state index contributed by atoms with van der Waals surface area (Å²) in [4.78, 5) is 58.1. The molecule has 0 saturated carbocycles. The largest absolute Gasteiger partial charge is 0.480 e. The van der Waals surface area contributed by atoms with Crippen molar-refractivity contribution in [2.24, 2.45) is 0 Å². The van der Waals surface area contributed by atoms with E-state index in [1.165, 1.54) is 44.9 Å². The van der Waals surface area contributed by atoms with E-state index in [9.17, 15) is 29.1 Å². The number of carboxylic acids is 2. The van der Waals surface area contributed by atoms with E-state index >= 15 is 0 Å². The van der Waals surface area contributed by atoms with Crippen molar-refractivity contribution in [2.75, 3.05) is 12.3 Å². The van der Waals surface area contributed by atoms with Gasteiger partial charge in [-0.1, -0.05) is 71.1 Å². The topological polar surface area (TPSA) is 162 Å². The average Bonchev–Trinajstić information content (AvgIpc) is 2.81. The number of carboxylic acid groups (broad SMARTS) is 2. The molecule has 0 bridgehead atoms. The Labute approximate surface area is 270 Å². The van der Waals surface area contributed by atoms with E-state index in [4.69, 9.17) is 5.11 Å². The van der Waals surface area contributed by atoms with Gasteiger partial charge in [0.2, 0.25) is 17.7 Å². The Bertz CT molecular complexity index is 672. The van der Waals surface area contributed by atoms with Gasteiger partial charge in [-0.15, -0.1) is 0 Å². The molecule has 0 aromatic rings. The summed E-state index contributed by atoms with van der Waals surface area (Å²) in [6.07, 6.45) is 12.6. The molecule has 0 aromatic carbocycles. The number of aliphatic carboxylic acids is 2. The van der Waals surface area contributed by atoms with Crippen LogP contribution in [-0.4, -0.2) is 123 Å². The number of amides is 3. The van der Waals surface area contributed by atoms with Crippen molar-refractivity contribution in [2.45, 2.75) is 109 Å². The van der Waals surface area contributed by atoms with Gasteiger partial charge in [0.25, 0.3) is 0 Å². The number of hydrogen-bond acceptors (Lipinski definition) is 6. The van der Waals surface area contributed by atoms with E-state index < -0.39 is 42.4 Å². The summed E-state index contributed by atoms with van der Waals surface area (Å²) < 4.78 is 0. The molecule has 2 radical (unpaired) electrons. The van der Waals surface area contributed by atoms with E-state index in [2.05, 4.69) is 35.5 Å². The molecule has 0 saturated heterocycles. The minimum Gasteiger partial charge on any atom is -0.480 e. The van der Waals surface area contributed by atoms with Gasteiger partial charge in [-0.2, -0.15) is 12.6 Å². The second kappa shape index (κ2) is 27.3. The van der Waals surface area contributed by atoms with Gasteiger partial charge < -0.3 is 26.2 Å². The molecule has 0 fully saturated rings. The molecule has 0 aliphatic carbocycles. The van der Waals surface area contributed by atoms with E-state index in [0.717, 1.165) is 19.3 Å². The molecule has 0 unspecified atom stereocenters. The first-order chi connectivity index (χ1) is 16.7. The van der Waals surface area contributed by atoms with Crippen LogP contribution in [0.1, 0.15) is 96.8 Å². The smallest absolute Gasteiger partial charge is 0.326 e. The van der Waals surface area contributed by atoms with Crippen LogP contribution in [0.5, 0.6) is 0 Å². The minimum atomic E-state index is -1.24. The van der Waals surface area contributed by atoms with Crippen LogP contribution >= 0.6 is 12.6 Å². The van der Waals surface area contributed by atoms with Gasteiger partial charge in [0.05, 0.1) is 0 Å². The van der Waals surface area contributed by atoms with Gasteiger partial charge >= 0.3 is 11.9 Å². The van der Waals surface area contributed by atoms with E-state index in [-0.39, 0.29) is 90.0 Å². The van der Waals surface area contributed by atoms with Crippen molar-refractivity contribution in [1.82, 2.24) is 16.0 Å². The predicted molar refractivity (Wildman–Crippen MR) is 148 cm³/mol. The number of hydrogen-bond donors (Lipinski definition) is 6. The summed E-state index contributed by atoms with van der Waals surface area (Å²) in [5, 5.41) is 24.9. The van der Waals surface area contributed by atoms with Crippen LogP contribution in [0.2, 0.25) is 0 Å². The minimum absolute atomic E-state index is 0. The summed E-state index contributed by atoms with van der Waals surface area (Å²) in [6.45, 7) is 1.62. The molecule has 37 heavy (non-hydrogen) atoms. The summed E-state index contributed by atoms with van der Waals surface area (Å²) in [6, 6.07) is -2.26. The number of unbranched alkanes of at least 4 members (excludes halogenated alkanes) is 10. The maximum atomic E-state index is 12.1. The average molecular weight is 564 g/mol. The number of carbonyl (C=O) groups excluding carboxylic acids is 3. The predicted octanol–water partition coefficient (Wildman–Crippen LogP) is 1.89. The quantitative estimate of drug-likeness (QED) is 0.0666. The second-order valence-corrected chi connectivity index (χ2v) is 9.06. The van der Waals surface area contributed by atoms with Gasteiger partial charge in [0.1, 0.15) is 18.6 Å². The molecule has 0 heterocycles. The second-order valence-electron chi connectivity index (χ2n) is 8.70. The van der Waals surface area contributed by atoms with E-state index in [1.54, 1.807) is 0 Å². The first kappa shape index (κ1) is 41.2. The Hall–Kier alpha value is -0.300. The number of nitrogens with one attached hydrogen (secondary N) is 3. The molecule has 10 nitrogen and oxygen atoms in total. The molecule has 0 aromatic heterocycles.